The molecule has 4 nitrogen and oxygen atoms in total. The average molecular weight is 279 g/mol. The van der Waals surface area contributed by atoms with Crippen LogP contribution in [0.5, 0.6) is 5.75 Å². The van der Waals surface area contributed by atoms with Crippen LogP contribution in [0, 0.1) is 0 Å². The maximum absolute atomic E-state index is 6.31. The van der Waals surface area contributed by atoms with Crippen LogP contribution in [-0.4, -0.2) is 16.6 Å². The fraction of sp³-hybridized carbons (Fsp3) is 0.176. The fourth-order valence-corrected chi connectivity index (χ4v) is 2.28. The van der Waals surface area contributed by atoms with Crippen molar-refractivity contribution in [1.82, 2.24) is 9.97 Å². The van der Waals surface area contributed by atoms with E-state index in [9.17, 15) is 0 Å². The number of fused-ring (bicyclic) bond motifs is 1. The first-order chi connectivity index (χ1) is 10.3. The summed E-state index contributed by atoms with van der Waals surface area (Å²) in [4.78, 5) is 8.81. The van der Waals surface area contributed by atoms with Crippen LogP contribution in [0.3, 0.4) is 0 Å². The van der Waals surface area contributed by atoms with Crippen molar-refractivity contribution in [3.05, 3.63) is 66.1 Å². The van der Waals surface area contributed by atoms with Crippen LogP contribution >= 0.6 is 0 Å². The van der Waals surface area contributed by atoms with Crippen molar-refractivity contribution < 1.29 is 4.74 Å². The minimum Gasteiger partial charge on any atom is -0.492 e. The van der Waals surface area contributed by atoms with Gasteiger partial charge in [0.15, 0.2) is 0 Å². The molecule has 1 aromatic carbocycles. The number of nitrogens with zero attached hydrogens (tertiary/aromatic N) is 2. The lowest BCUT2D eigenvalue weighted by Crippen LogP contribution is -2.14. The molecular weight excluding hydrogens is 262 g/mol. The monoisotopic (exact) mass is 279 g/mol. The van der Waals surface area contributed by atoms with E-state index in [0.29, 0.717) is 6.61 Å². The minimum atomic E-state index is -0.317. The van der Waals surface area contributed by atoms with E-state index in [1.54, 1.807) is 12.4 Å². The van der Waals surface area contributed by atoms with Gasteiger partial charge in [0.2, 0.25) is 0 Å². The highest BCUT2D eigenvalue weighted by molar-refractivity contribution is 5.78. The molecule has 21 heavy (non-hydrogen) atoms. The second-order valence-corrected chi connectivity index (χ2v) is 4.79. The van der Waals surface area contributed by atoms with Crippen LogP contribution in [-0.2, 0) is 0 Å². The lowest BCUT2D eigenvalue weighted by Gasteiger charge is -2.13. The number of hydrogen-bond donors (Lipinski definition) is 1. The van der Waals surface area contributed by atoms with Gasteiger partial charge in [-0.25, -0.2) is 0 Å². The Morgan fingerprint density at radius 3 is 2.86 bits per heavy atom. The van der Waals surface area contributed by atoms with Crippen LogP contribution < -0.4 is 10.5 Å². The molecule has 0 aliphatic heterocycles. The maximum atomic E-state index is 6.31. The summed E-state index contributed by atoms with van der Waals surface area (Å²) in [5.41, 5.74) is 8.97. The van der Waals surface area contributed by atoms with Gasteiger partial charge in [-0.05, 0) is 30.7 Å². The summed E-state index contributed by atoms with van der Waals surface area (Å²) < 4.78 is 5.46. The third kappa shape index (κ3) is 2.85. The molecule has 3 aromatic rings. The molecule has 1 atom stereocenters. The van der Waals surface area contributed by atoms with Crippen LogP contribution in [0.15, 0.2) is 54.9 Å². The first-order valence-electron chi connectivity index (χ1n) is 6.97. The highest BCUT2D eigenvalue weighted by Crippen LogP contribution is 2.23. The molecule has 0 amide bonds. The van der Waals surface area contributed by atoms with Crippen molar-refractivity contribution in [2.75, 3.05) is 6.61 Å². The summed E-state index contributed by atoms with van der Waals surface area (Å²) in [5.74, 6) is 0.728. The van der Waals surface area contributed by atoms with Gasteiger partial charge in [-0.2, -0.15) is 0 Å². The van der Waals surface area contributed by atoms with Gasteiger partial charge in [0, 0.05) is 11.6 Å². The second kappa shape index (κ2) is 5.89. The molecule has 0 saturated carbocycles. The second-order valence-electron chi connectivity index (χ2n) is 4.79. The van der Waals surface area contributed by atoms with E-state index < -0.39 is 0 Å². The number of pyridine rings is 2. The zero-order chi connectivity index (χ0) is 14.7. The number of para-hydroxylation sites is 1. The lowest BCUT2D eigenvalue weighted by atomic mass is 10.0. The molecule has 2 aromatic heterocycles. The molecule has 0 aliphatic rings. The molecule has 1 unspecified atom stereocenters. The normalized spacial score (nSPS) is 12.3. The smallest absolute Gasteiger partial charge is 0.137 e. The highest BCUT2D eigenvalue weighted by atomic mass is 16.5. The zero-order valence-electron chi connectivity index (χ0n) is 11.9. The lowest BCUT2D eigenvalue weighted by molar-refractivity contribution is 0.338. The number of nitrogens with two attached hydrogens (primary N) is 1. The number of rotatable bonds is 4. The third-order valence-corrected chi connectivity index (χ3v) is 3.34. The molecular formula is C17H17N3O. The zero-order valence-corrected chi connectivity index (χ0v) is 11.9. The first-order valence-corrected chi connectivity index (χ1v) is 6.97. The first kappa shape index (κ1) is 13.5. The Morgan fingerprint density at radius 2 is 2.00 bits per heavy atom. The van der Waals surface area contributed by atoms with Gasteiger partial charge in [-0.3, -0.25) is 9.97 Å². The number of hydrogen-bond acceptors (Lipinski definition) is 4. The Bertz CT molecular complexity index is 758. The molecule has 0 fully saturated rings. The van der Waals surface area contributed by atoms with Gasteiger partial charge >= 0.3 is 0 Å². The summed E-state index contributed by atoms with van der Waals surface area (Å²) in [5, 5.41) is 1.11. The van der Waals surface area contributed by atoms with Gasteiger partial charge in [-0.15, -0.1) is 0 Å². The topological polar surface area (TPSA) is 61.0 Å². The quantitative estimate of drug-likeness (QED) is 0.797. The molecule has 0 radical (unpaired) electrons. The number of ether oxygens (including phenoxy) is 1. The predicted octanol–water partition coefficient (Wildman–Crippen LogP) is 3.08. The molecule has 4 heteroatoms. The van der Waals surface area contributed by atoms with Crippen molar-refractivity contribution in [1.29, 1.82) is 0 Å². The molecule has 0 saturated heterocycles. The SMILES string of the molecule is CCOc1cncc(C(N)c2ccc3ccccc3n2)c1. The summed E-state index contributed by atoms with van der Waals surface area (Å²) in [6.07, 6.45) is 3.44. The van der Waals surface area contributed by atoms with E-state index in [1.807, 2.05) is 49.4 Å². The van der Waals surface area contributed by atoms with Crippen LogP contribution in [0.4, 0.5) is 0 Å². The van der Waals surface area contributed by atoms with Crippen LogP contribution in [0.1, 0.15) is 24.2 Å². The van der Waals surface area contributed by atoms with E-state index >= 15 is 0 Å². The van der Waals surface area contributed by atoms with Crippen LogP contribution in [0.2, 0.25) is 0 Å². The Labute approximate surface area is 123 Å². The third-order valence-electron chi connectivity index (χ3n) is 3.34. The van der Waals surface area contributed by atoms with E-state index in [0.717, 1.165) is 27.9 Å². The minimum absolute atomic E-state index is 0.317. The fourth-order valence-electron chi connectivity index (χ4n) is 2.28. The number of benzene rings is 1. The Balaban J connectivity index is 1.95. The van der Waals surface area contributed by atoms with Gasteiger partial charge in [0.25, 0.3) is 0 Å². The summed E-state index contributed by atoms with van der Waals surface area (Å²) >= 11 is 0. The van der Waals surface area contributed by atoms with Crippen molar-refractivity contribution in [2.24, 2.45) is 5.73 Å². The molecule has 106 valence electrons. The largest absolute Gasteiger partial charge is 0.492 e. The Morgan fingerprint density at radius 1 is 1.14 bits per heavy atom. The van der Waals surface area contributed by atoms with Crippen molar-refractivity contribution in [3.8, 4) is 5.75 Å². The maximum Gasteiger partial charge on any atom is 0.137 e. The molecule has 0 spiro atoms. The van der Waals surface area contributed by atoms with Crippen molar-refractivity contribution >= 4 is 10.9 Å². The van der Waals surface area contributed by atoms with Crippen molar-refractivity contribution in [3.63, 3.8) is 0 Å². The van der Waals surface area contributed by atoms with E-state index in [1.165, 1.54) is 0 Å². The molecule has 3 rings (SSSR count). The van der Waals surface area contributed by atoms with E-state index in [4.69, 9.17) is 10.5 Å². The predicted molar refractivity (Wildman–Crippen MR) is 83.2 cm³/mol. The van der Waals surface area contributed by atoms with Gasteiger partial charge in [0.05, 0.1) is 30.1 Å². The average Bonchev–Trinajstić information content (AvgIpc) is 2.54. The highest BCUT2D eigenvalue weighted by Gasteiger charge is 2.12. The summed E-state index contributed by atoms with van der Waals surface area (Å²) in [7, 11) is 0. The summed E-state index contributed by atoms with van der Waals surface area (Å²) in [6, 6.07) is 13.6. The molecule has 2 N–H and O–H groups in total. The van der Waals surface area contributed by atoms with E-state index in [2.05, 4.69) is 9.97 Å². The standard InChI is InChI=1S/C17H17N3O/c1-2-21-14-9-13(10-19-11-14)17(18)16-8-7-12-5-3-4-6-15(12)20-16/h3-11,17H,2,18H2,1H3. The molecule has 0 bridgehead atoms. The van der Waals surface area contributed by atoms with Crippen molar-refractivity contribution in [2.45, 2.75) is 13.0 Å². The summed E-state index contributed by atoms with van der Waals surface area (Å²) in [6.45, 7) is 2.55. The van der Waals surface area contributed by atoms with Gasteiger partial charge < -0.3 is 10.5 Å². The van der Waals surface area contributed by atoms with Crippen LogP contribution in [0.25, 0.3) is 10.9 Å². The van der Waals surface area contributed by atoms with E-state index in [-0.39, 0.29) is 6.04 Å². The Hall–Kier alpha value is -2.46. The number of aromatic nitrogens is 2. The van der Waals surface area contributed by atoms with Gasteiger partial charge in [0.1, 0.15) is 5.75 Å². The molecule has 0 aliphatic carbocycles. The molecule has 2 heterocycles. The van der Waals surface area contributed by atoms with Gasteiger partial charge in [-0.1, -0.05) is 24.3 Å². The Kier molecular flexibility index (Phi) is 3.79.